The topological polar surface area (TPSA) is 151 Å². The van der Waals surface area contributed by atoms with E-state index in [-0.39, 0.29) is 0 Å². The molecule has 0 rings (SSSR count). The number of aliphatic hydroxyl groups excluding tert-OH is 2. The molecule has 0 bridgehead atoms. The van der Waals surface area contributed by atoms with E-state index in [0.717, 1.165) is 0 Å². The van der Waals surface area contributed by atoms with Crippen molar-refractivity contribution < 1.29 is 30.0 Å². The van der Waals surface area contributed by atoms with Crippen molar-refractivity contribution >= 4 is 11.9 Å². The molecule has 0 aliphatic rings. The molecule has 9 heteroatoms. The molecule has 94 valence electrons. The van der Waals surface area contributed by atoms with Crippen molar-refractivity contribution in [3.05, 3.63) is 0 Å². The predicted molar refractivity (Wildman–Crippen MR) is 51.0 cm³/mol. The molecule has 0 aliphatic carbocycles. The van der Waals surface area contributed by atoms with Crippen molar-refractivity contribution in [1.82, 2.24) is 16.4 Å². The first-order valence-electron chi connectivity index (χ1n) is 4.40. The molecular weight excluding hydrogens is 222 g/mol. The highest BCUT2D eigenvalue weighted by Crippen LogP contribution is 1.90. The first-order chi connectivity index (χ1) is 7.40. The van der Waals surface area contributed by atoms with Crippen LogP contribution >= 0.6 is 0 Å². The molecule has 0 aromatic carbocycles. The molecule has 7 N–H and O–H groups in total. The van der Waals surface area contributed by atoms with E-state index in [9.17, 15) is 9.59 Å². The van der Waals surface area contributed by atoms with Gasteiger partial charge in [0.25, 0.3) is 0 Å². The number of hydrogen-bond donors (Lipinski definition) is 7. The minimum absolute atomic E-state index is 0.670. The lowest BCUT2D eigenvalue weighted by atomic mass is 10.2. The van der Waals surface area contributed by atoms with E-state index in [4.69, 9.17) is 20.4 Å². The zero-order valence-electron chi connectivity index (χ0n) is 8.54. The van der Waals surface area contributed by atoms with Crippen molar-refractivity contribution in [2.45, 2.75) is 25.1 Å². The van der Waals surface area contributed by atoms with Crippen LogP contribution in [0.2, 0.25) is 0 Å². The maximum absolute atomic E-state index is 10.6. The summed E-state index contributed by atoms with van der Waals surface area (Å²) in [5.74, 6) is -2.61. The number of carboxylic acids is 2. The zero-order valence-corrected chi connectivity index (χ0v) is 8.54. The summed E-state index contributed by atoms with van der Waals surface area (Å²) in [6, 6.07) is -2.59. The molecule has 9 nitrogen and oxygen atoms in total. The SMILES string of the molecule is C[C@@H](O)[C@H](NNN[C@@H](CO)C(=O)O)C(=O)O. The average Bonchev–Trinajstić information content (AvgIpc) is 2.15. The van der Waals surface area contributed by atoms with Gasteiger partial charge in [-0.2, -0.15) is 5.53 Å². The number of rotatable bonds is 8. The maximum Gasteiger partial charge on any atom is 0.324 e. The number of aliphatic hydroxyl groups is 2. The Labute approximate surface area is 91.0 Å². The predicted octanol–water partition coefficient (Wildman–Crippen LogP) is -3.14. The molecule has 0 saturated carbocycles. The number of aliphatic carboxylic acids is 2. The first-order valence-corrected chi connectivity index (χ1v) is 4.40. The Morgan fingerprint density at radius 3 is 2.06 bits per heavy atom. The molecule has 0 aromatic rings. The van der Waals surface area contributed by atoms with Crippen LogP contribution in [-0.2, 0) is 9.59 Å². The Bertz CT molecular complexity index is 246. The van der Waals surface area contributed by atoms with Gasteiger partial charge in [-0.1, -0.05) is 0 Å². The van der Waals surface area contributed by atoms with Crippen LogP contribution in [0.1, 0.15) is 6.92 Å². The van der Waals surface area contributed by atoms with Crippen molar-refractivity contribution in [1.29, 1.82) is 0 Å². The molecule has 0 aromatic heterocycles. The van der Waals surface area contributed by atoms with Crippen LogP contribution in [0.25, 0.3) is 0 Å². The van der Waals surface area contributed by atoms with Gasteiger partial charge >= 0.3 is 11.9 Å². The Morgan fingerprint density at radius 2 is 1.75 bits per heavy atom. The highest BCUT2D eigenvalue weighted by atomic mass is 16.4. The lowest BCUT2D eigenvalue weighted by Gasteiger charge is -2.19. The lowest BCUT2D eigenvalue weighted by Crippen LogP contribution is -2.59. The summed E-state index contributed by atoms with van der Waals surface area (Å²) in [6.45, 7) is 0.588. The van der Waals surface area contributed by atoms with E-state index in [1.165, 1.54) is 6.92 Å². The smallest absolute Gasteiger partial charge is 0.324 e. The second kappa shape index (κ2) is 7.09. The van der Waals surface area contributed by atoms with Crippen molar-refractivity contribution in [2.75, 3.05) is 6.61 Å². The minimum atomic E-state index is -1.31. The Balaban J connectivity index is 4.03. The highest BCUT2D eigenvalue weighted by Gasteiger charge is 2.23. The quantitative estimate of drug-likeness (QED) is 0.217. The molecule has 3 atom stereocenters. The van der Waals surface area contributed by atoms with Crippen molar-refractivity contribution in [3.8, 4) is 0 Å². The normalized spacial score (nSPS) is 16.4. The van der Waals surface area contributed by atoms with E-state index in [1.54, 1.807) is 0 Å². The van der Waals surface area contributed by atoms with Crippen LogP contribution in [-0.4, -0.2) is 57.2 Å². The molecule has 0 fully saturated rings. The van der Waals surface area contributed by atoms with Crippen LogP contribution < -0.4 is 16.4 Å². The zero-order chi connectivity index (χ0) is 12.7. The Kier molecular flexibility index (Phi) is 6.53. The summed E-state index contributed by atoms with van der Waals surface area (Å²) in [5, 5.41) is 34.8. The molecule has 0 spiro atoms. The molecule has 0 aliphatic heterocycles. The number of hydrazine groups is 2. The summed E-state index contributed by atoms with van der Waals surface area (Å²) in [6.07, 6.45) is -1.18. The number of carbonyl (C=O) groups is 2. The molecule has 16 heavy (non-hydrogen) atoms. The summed E-state index contributed by atoms with van der Waals surface area (Å²) in [7, 11) is 0. The standard InChI is InChI=1S/C7H15N3O6/c1-3(12)5(7(15)16)9-10-8-4(2-11)6(13)14/h3-5,8-12H,2H2,1H3,(H,13,14)(H,15,16)/t3-,4+,5+/m1/s1. The first kappa shape index (κ1) is 14.7. The Hall–Kier alpha value is -1.26. The van der Waals surface area contributed by atoms with Crippen LogP contribution in [0.5, 0.6) is 0 Å². The molecule has 0 amide bonds. The van der Waals surface area contributed by atoms with E-state index >= 15 is 0 Å². The van der Waals surface area contributed by atoms with Gasteiger partial charge in [0, 0.05) is 0 Å². The molecular formula is C7H15N3O6. The van der Waals surface area contributed by atoms with E-state index in [1.807, 2.05) is 0 Å². The van der Waals surface area contributed by atoms with Crippen LogP contribution in [0, 0.1) is 0 Å². The van der Waals surface area contributed by atoms with Crippen LogP contribution in [0.15, 0.2) is 0 Å². The van der Waals surface area contributed by atoms with Gasteiger partial charge in [0.1, 0.15) is 12.1 Å². The second-order valence-corrected chi connectivity index (χ2v) is 3.04. The summed E-state index contributed by atoms with van der Waals surface area (Å²) in [4.78, 5) is 21.0. The summed E-state index contributed by atoms with van der Waals surface area (Å²) < 4.78 is 0. The number of nitrogens with one attached hydrogen (secondary N) is 3. The molecule has 0 saturated heterocycles. The molecule has 0 unspecified atom stereocenters. The largest absolute Gasteiger partial charge is 0.480 e. The van der Waals surface area contributed by atoms with Gasteiger partial charge in [-0.25, -0.2) is 10.9 Å². The van der Waals surface area contributed by atoms with Gasteiger partial charge in [-0.15, -0.1) is 0 Å². The maximum atomic E-state index is 10.6. The van der Waals surface area contributed by atoms with Gasteiger partial charge in [0.05, 0.1) is 12.7 Å². The van der Waals surface area contributed by atoms with E-state index in [0.29, 0.717) is 0 Å². The molecule has 0 radical (unpaired) electrons. The monoisotopic (exact) mass is 237 g/mol. The minimum Gasteiger partial charge on any atom is -0.480 e. The number of carboxylic acid groups (broad SMARTS) is 2. The van der Waals surface area contributed by atoms with E-state index in [2.05, 4.69) is 16.4 Å². The fourth-order valence-electron chi connectivity index (χ4n) is 0.781. The third kappa shape index (κ3) is 5.00. The van der Waals surface area contributed by atoms with Gasteiger partial charge < -0.3 is 20.4 Å². The van der Waals surface area contributed by atoms with Gasteiger partial charge in [0.15, 0.2) is 0 Å². The fourth-order valence-corrected chi connectivity index (χ4v) is 0.781. The third-order valence-electron chi connectivity index (χ3n) is 1.70. The van der Waals surface area contributed by atoms with Crippen LogP contribution in [0.4, 0.5) is 0 Å². The Morgan fingerprint density at radius 1 is 1.19 bits per heavy atom. The number of hydrogen-bond acceptors (Lipinski definition) is 7. The van der Waals surface area contributed by atoms with Crippen molar-refractivity contribution in [3.63, 3.8) is 0 Å². The second-order valence-electron chi connectivity index (χ2n) is 3.04. The van der Waals surface area contributed by atoms with Crippen LogP contribution in [0.3, 0.4) is 0 Å². The third-order valence-corrected chi connectivity index (χ3v) is 1.70. The lowest BCUT2D eigenvalue weighted by molar-refractivity contribution is -0.142. The van der Waals surface area contributed by atoms with E-state index < -0.39 is 36.7 Å². The highest BCUT2D eigenvalue weighted by molar-refractivity contribution is 5.74. The van der Waals surface area contributed by atoms with Gasteiger partial charge in [-0.05, 0) is 6.92 Å². The fraction of sp³-hybridized carbons (Fsp3) is 0.714. The average molecular weight is 237 g/mol. The summed E-state index contributed by atoms with van der Waals surface area (Å²) in [5.41, 5.74) is 6.38. The van der Waals surface area contributed by atoms with Gasteiger partial charge in [-0.3, -0.25) is 9.59 Å². The molecule has 0 heterocycles. The van der Waals surface area contributed by atoms with Crippen molar-refractivity contribution in [2.24, 2.45) is 0 Å². The van der Waals surface area contributed by atoms with Gasteiger partial charge in [0.2, 0.25) is 0 Å². The summed E-state index contributed by atoms with van der Waals surface area (Å²) >= 11 is 0.